The molecule has 0 radical (unpaired) electrons. The van der Waals surface area contributed by atoms with E-state index < -0.39 is 11.6 Å². The van der Waals surface area contributed by atoms with Crippen molar-refractivity contribution in [1.29, 1.82) is 0 Å². The highest BCUT2D eigenvalue weighted by molar-refractivity contribution is 5.69. The summed E-state index contributed by atoms with van der Waals surface area (Å²) in [6.45, 7) is 6.59. The summed E-state index contributed by atoms with van der Waals surface area (Å²) in [4.78, 5) is 8.35. The number of nitrogens with zero attached hydrogens (tertiary/aromatic N) is 2. The van der Waals surface area contributed by atoms with Gasteiger partial charge in [0.15, 0.2) is 0 Å². The van der Waals surface area contributed by atoms with Gasteiger partial charge in [-0.1, -0.05) is 13.8 Å². The van der Waals surface area contributed by atoms with Gasteiger partial charge in [-0.2, -0.15) is 0 Å². The van der Waals surface area contributed by atoms with Crippen LogP contribution >= 0.6 is 0 Å². The molecule has 0 amide bonds. The summed E-state index contributed by atoms with van der Waals surface area (Å²) in [6.07, 6.45) is 1.36. The molecule has 0 atom stereocenters. The van der Waals surface area contributed by atoms with Gasteiger partial charge in [0.1, 0.15) is 23.8 Å². The quantitative estimate of drug-likeness (QED) is 0.918. The molecule has 5 heteroatoms. The highest BCUT2D eigenvalue weighted by Gasteiger charge is 2.18. The minimum atomic E-state index is -0.491. The van der Waals surface area contributed by atoms with E-state index >= 15 is 0 Å². The molecule has 106 valence electrons. The fourth-order valence-corrected chi connectivity index (χ4v) is 2.14. The summed E-state index contributed by atoms with van der Waals surface area (Å²) in [7, 11) is 0. The second-order valence-electron chi connectivity index (χ2n) is 4.79. The van der Waals surface area contributed by atoms with Crippen molar-refractivity contribution in [1.82, 2.24) is 9.97 Å². The topological polar surface area (TPSA) is 37.8 Å². The SMILES string of the molecule is CCNc1ncnc(-c2cc(F)ccc2F)c1C(C)C. The van der Waals surface area contributed by atoms with Gasteiger partial charge in [0, 0.05) is 17.7 Å². The number of aromatic nitrogens is 2. The van der Waals surface area contributed by atoms with Gasteiger partial charge in [0.05, 0.1) is 5.69 Å². The van der Waals surface area contributed by atoms with Crippen LogP contribution in [-0.4, -0.2) is 16.5 Å². The highest BCUT2D eigenvalue weighted by atomic mass is 19.1. The smallest absolute Gasteiger partial charge is 0.133 e. The molecule has 0 saturated heterocycles. The Morgan fingerprint density at radius 1 is 1.20 bits per heavy atom. The van der Waals surface area contributed by atoms with Crippen LogP contribution in [-0.2, 0) is 0 Å². The number of anilines is 1. The fourth-order valence-electron chi connectivity index (χ4n) is 2.14. The van der Waals surface area contributed by atoms with Crippen LogP contribution in [0.1, 0.15) is 32.3 Å². The summed E-state index contributed by atoms with van der Waals surface area (Å²) in [5.41, 5.74) is 1.39. The maximum absolute atomic E-state index is 14.0. The summed E-state index contributed by atoms with van der Waals surface area (Å²) in [5, 5.41) is 3.13. The molecule has 0 aliphatic heterocycles. The van der Waals surface area contributed by atoms with Gasteiger partial charge in [-0.3, -0.25) is 0 Å². The Kier molecular flexibility index (Phi) is 4.27. The molecule has 1 N–H and O–H groups in total. The third-order valence-electron chi connectivity index (χ3n) is 2.99. The second-order valence-corrected chi connectivity index (χ2v) is 4.79. The van der Waals surface area contributed by atoms with Crippen molar-refractivity contribution >= 4 is 5.82 Å². The Morgan fingerprint density at radius 3 is 2.60 bits per heavy atom. The molecule has 0 aliphatic carbocycles. The van der Waals surface area contributed by atoms with Gasteiger partial charge in [-0.25, -0.2) is 18.7 Å². The van der Waals surface area contributed by atoms with Crippen molar-refractivity contribution in [3.63, 3.8) is 0 Å². The Labute approximate surface area is 117 Å². The molecule has 0 saturated carbocycles. The number of halogens is 2. The number of nitrogens with one attached hydrogen (secondary N) is 1. The fraction of sp³-hybridized carbons (Fsp3) is 0.333. The molecule has 0 bridgehead atoms. The minimum absolute atomic E-state index is 0.0860. The van der Waals surface area contributed by atoms with Crippen LogP contribution in [0.15, 0.2) is 24.5 Å². The predicted molar refractivity (Wildman–Crippen MR) is 75.6 cm³/mol. The first-order valence-corrected chi connectivity index (χ1v) is 6.58. The van der Waals surface area contributed by atoms with E-state index in [0.717, 1.165) is 17.7 Å². The number of hydrogen-bond donors (Lipinski definition) is 1. The van der Waals surface area contributed by atoms with E-state index in [0.29, 0.717) is 18.1 Å². The van der Waals surface area contributed by atoms with Gasteiger partial charge in [0.25, 0.3) is 0 Å². The maximum Gasteiger partial charge on any atom is 0.133 e. The molecule has 0 fully saturated rings. The normalized spacial score (nSPS) is 10.9. The van der Waals surface area contributed by atoms with Crippen molar-refractivity contribution in [2.75, 3.05) is 11.9 Å². The first kappa shape index (κ1) is 14.4. The molecular formula is C15H17F2N3. The first-order valence-electron chi connectivity index (χ1n) is 6.58. The second kappa shape index (κ2) is 5.94. The monoisotopic (exact) mass is 277 g/mol. The zero-order valence-corrected chi connectivity index (χ0v) is 11.7. The summed E-state index contributed by atoms with van der Waals surface area (Å²) in [6, 6.07) is 3.38. The van der Waals surface area contributed by atoms with Crippen molar-refractivity contribution in [3.05, 3.63) is 41.7 Å². The lowest BCUT2D eigenvalue weighted by molar-refractivity contribution is 0.602. The molecule has 0 aliphatic rings. The van der Waals surface area contributed by atoms with Crippen LogP contribution < -0.4 is 5.32 Å². The lowest BCUT2D eigenvalue weighted by atomic mass is 9.97. The van der Waals surface area contributed by atoms with E-state index in [4.69, 9.17) is 0 Å². The molecule has 2 rings (SSSR count). The molecule has 0 unspecified atom stereocenters. The molecule has 1 aromatic carbocycles. The van der Waals surface area contributed by atoms with E-state index in [1.54, 1.807) is 0 Å². The Morgan fingerprint density at radius 2 is 1.95 bits per heavy atom. The molecule has 1 heterocycles. The van der Waals surface area contributed by atoms with Crippen molar-refractivity contribution in [3.8, 4) is 11.3 Å². The largest absolute Gasteiger partial charge is 0.370 e. The van der Waals surface area contributed by atoms with E-state index in [1.807, 2.05) is 20.8 Å². The van der Waals surface area contributed by atoms with Gasteiger partial charge >= 0.3 is 0 Å². The summed E-state index contributed by atoms with van der Waals surface area (Å²) >= 11 is 0. The maximum atomic E-state index is 14.0. The molecule has 1 aromatic heterocycles. The van der Waals surface area contributed by atoms with E-state index in [1.165, 1.54) is 12.4 Å². The van der Waals surface area contributed by atoms with Crippen LogP contribution in [0.25, 0.3) is 11.3 Å². The van der Waals surface area contributed by atoms with Crippen LogP contribution in [0.2, 0.25) is 0 Å². The summed E-state index contributed by atoms with van der Waals surface area (Å²) in [5.74, 6) is -0.228. The highest BCUT2D eigenvalue weighted by Crippen LogP contribution is 2.33. The average Bonchev–Trinajstić information content (AvgIpc) is 2.41. The number of rotatable bonds is 4. The van der Waals surface area contributed by atoms with Gasteiger partial charge < -0.3 is 5.32 Å². The Balaban J connectivity index is 2.67. The van der Waals surface area contributed by atoms with E-state index in [2.05, 4.69) is 15.3 Å². The van der Waals surface area contributed by atoms with Gasteiger partial charge in [-0.05, 0) is 31.0 Å². The van der Waals surface area contributed by atoms with Crippen molar-refractivity contribution in [2.45, 2.75) is 26.7 Å². The zero-order valence-electron chi connectivity index (χ0n) is 11.7. The van der Waals surface area contributed by atoms with Crippen LogP contribution in [0, 0.1) is 11.6 Å². The average molecular weight is 277 g/mol. The molecule has 20 heavy (non-hydrogen) atoms. The number of benzene rings is 1. The molecule has 3 nitrogen and oxygen atoms in total. The molecular weight excluding hydrogens is 260 g/mol. The standard InChI is InChI=1S/C15H17F2N3/c1-4-18-15-13(9(2)3)14(19-8-20-15)11-7-10(16)5-6-12(11)17/h5-9H,4H2,1-3H3,(H,18,19,20). The van der Waals surface area contributed by atoms with Crippen LogP contribution in [0.5, 0.6) is 0 Å². The number of hydrogen-bond acceptors (Lipinski definition) is 3. The van der Waals surface area contributed by atoms with E-state index in [-0.39, 0.29) is 11.5 Å². The van der Waals surface area contributed by atoms with Gasteiger partial charge in [0.2, 0.25) is 0 Å². The van der Waals surface area contributed by atoms with Crippen molar-refractivity contribution < 1.29 is 8.78 Å². The molecule has 2 aromatic rings. The van der Waals surface area contributed by atoms with Crippen molar-refractivity contribution in [2.24, 2.45) is 0 Å². The van der Waals surface area contributed by atoms with Gasteiger partial charge in [-0.15, -0.1) is 0 Å². The summed E-state index contributed by atoms with van der Waals surface area (Å²) < 4.78 is 27.4. The lowest BCUT2D eigenvalue weighted by Gasteiger charge is -2.17. The predicted octanol–water partition coefficient (Wildman–Crippen LogP) is 3.98. The van der Waals surface area contributed by atoms with Crippen LogP contribution in [0.3, 0.4) is 0 Å². The van der Waals surface area contributed by atoms with E-state index in [9.17, 15) is 8.78 Å². The minimum Gasteiger partial charge on any atom is -0.370 e. The lowest BCUT2D eigenvalue weighted by Crippen LogP contribution is -2.08. The first-order chi connectivity index (χ1) is 9.54. The molecule has 0 spiro atoms. The third kappa shape index (κ3) is 2.76. The van der Waals surface area contributed by atoms with Crippen LogP contribution in [0.4, 0.5) is 14.6 Å². The Bertz CT molecular complexity index is 612. The third-order valence-corrected chi connectivity index (χ3v) is 2.99. The Hall–Kier alpha value is -2.04. The zero-order chi connectivity index (χ0) is 14.7.